The molecule has 6 rings (SSSR count). The summed E-state index contributed by atoms with van der Waals surface area (Å²) in [7, 11) is 0. The maximum absolute atomic E-state index is 14.2. The van der Waals surface area contributed by atoms with Crippen molar-refractivity contribution in [2.75, 3.05) is 0 Å². The number of aromatic nitrogens is 2. The molecule has 0 saturated carbocycles. The third-order valence-electron chi connectivity index (χ3n) is 8.65. The topological polar surface area (TPSA) is 114 Å². The highest BCUT2D eigenvalue weighted by Crippen LogP contribution is 2.23. The predicted molar refractivity (Wildman–Crippen MR) is 194 cm³/mol. The lowest BCUT2D eigenvalue weighted by atomic mass is 10.1. The molecule has 5 N–H and O–H groups in total. The molecule has 8 heteroatoms. The summed E-state index contributed by atoms with van der Waals surface area (Å²) in [4.78, 5) is 21.2. The number of nitrogens with zero attached hydrogens (tertiary/aromatic N) is 3. The van der Waals surface area contributed by atoms with Crippen LogP contribution in [-0.4, -0.2) is 26.2 Å². The van der Waals surface area contributed by atoms with Crippen LogP contribution in [0.2, 0.25) is 5.02 Å². The summed E-state index contributed by atoms with van der Waals surface area (Å²) in [6.07, 6.45) is 2.32. The van der Waals surface area contributed by atoms with Gasteiger partial charge in [-0.1, -0.05) is 103 Å². The highest BCUT2D eigenvalue weighted by atomic mass is 35.5. The first kappa shape index (κ1) is 32.7. The van der Waals surface area contributed by atoms with Crippen LogP contribution >= 0.6 is 11.6 Å². The number of nitrogens with two attached hydrogens (primary N) is 2. The number of hydrogen-bond donors (Lipinski definition) is 3. The van der Waals surface area contributed by atoms with Crippen molar-refractivity contribution < 1.29 is 4.79 Å². The quantitative estimate of drug-likeness (QED) is 0.0895. The number of halogens is 1. The fourth-order valence-corrected chi connectivity index (χ4v) is 6.07. The van der Waals surface area contributed by atoms with Crippen LogP contribution in [0.15, 0.2) is 121 Å². The van der Waals surface area contributed by atoms with E-state index in [2.05, 4.69) is 16.7 Å². The molecule has 0 unspecified atom stereocenters. The van der Waals surface area contributed by atoms with Crippen molar-refractivity contribution in [3.8, 4) is 0 Å². The lowest BCUT2D eigenvalue weighted by molar-refractivity contribution is 0.0730. The predicted octanol–water partition coefficient (Wildman–Crippen LogP) is 7.30. The van der Waals surface area contributed by atoms with Crippen molar-refractivity contribution in [2.45, 2.75) is 45.4 Å². The van der Waals surface area contributed by atoms with Gasteiger partial charge in [-0.2, -0.15) is 0 Å². The molecule has 1 heterocycles. The Balaban J connectivity index is 1.30. The average molecular weight is 655 g/mol. The van der Waals surface area contributed by atoms with Crippen LogP contribution in [0, 0.1) is 5.41 Å². The summed E-state index contributed by atoms with van der Waals surface area (Å²) in [6, 6.07) is 39.8. The Hall–Kier alpha value is -5.24. The summed E-state index contributed by atoms with van der Waals surface area (Å²) in [5.41, 5.74) is 20.1. The molecule has 0 spiro atoms. The van der Waals surface area contributed by atoms with E-state index in [-0.39, 0.29) is 11.7 Å². The molecule has 0 aliphatic heterocycles. The maximum Gasteiger partial charge on any atom is 0.254 e. The Labute approximate surface area is 286 Å². The van der Waals surface area contributed by atoms with Crippen LogP contribution in [0.1, 0.15) is 49.6 Å². The first-order valence-corrected chi connectivity index (χ1v) is 16.5. The third kappa shape index (κ3) is 8.00. The Morgan fingerprint density at radius 2 is 1.29 bits per heavy atom. The minimum absolute atomic E-state index is 0.0496. The Kier molecular flexibility index (Phi) is 10.3. The van der Waals surface area contributed by atoms with Gasteiger partial charge in [0.05, 0.1) is 11.0 Å². The highest BCUT2D eigenvalue weighted by Gasteiger charge is 2.20. The summed E-state index contributed by atoms with van der Waals surface area (Å²) >= 11 is 6.14. The van der Waals surface area contributed by atoms with E-state index in [4.69, 9.17) is 33.5 Å². The fraction of sp³-hybridized carbons (Fsp3) is 0.175. The molecule has 0 atom stereocenters. The summed E-state index contributed by atoms with van der Waals surface area (Å²) < 4.78 is 2.27. The van der Waals surface area contributed by atoms with E-state index in [0.29, 0.717) is 30.8 Å². The lowest BCUT2D eigenvalue weighted by Gasteiger charge is -2.23. The number of carbonyl (C=O) groups is 1. The second kappa shape index (κ2) is 15.1. The minimum Gasteiger partial charge on any atom is -0.384 e. The van der Waals surface area contributed by atoms with Crippen molar-refractivity contribution >= 4 is 34.4 Å². The van der Waals surface area contributed by atoms with Gasteiger partial charge in [0, 0.05) is 48.7 Å². The molecule has 1 amide bonds. The van der Waals surface area contributed by atoms with Gasteiger partial charge in [0.15, 0.2) is 0 Å². The molecular formula is C40H39ClN6O. The van der Waals surface area contributed by atoms with Crippen LogP contribution in [0.5, 0.6) is 0 Å². The molecule has 48 heavy (non-hydrogen) atoms. The number of hydrogen-bond acceptors (Lipinski definition) is 4. The number of benzene rings is 5. The second-order valence-corrected chi connectivity index (χ2v) is 12.5. The van der Waals surface area contributed by atoms with Crippen molar-refractivity contribution in [1.82, 2.24) is 14.5 Å². The SMILES string of the molecule is N=C(N)c1ccc(CCc2nc3cc(C(=O)N(Cc4ccccc4)Cc4ccc(CN)cc4)ccc3n2CCc2ccc(Cl)cc2)cc1. The van der Waals surface area contributed by atoms with Gasteiger partial charge in [0.1, 0.15) is 11.7 Å². The van der Waals surface area contributed by atoms with Gasteiger partial charge < -0.3 is 20.9 Å². The van der Waals surface area contributed by atoms with Gasteiger partial charge in [-0.15, -0.1) is 0 Å². The van der Waals surface area contributed by atoms with Crippen LogP contribution in [0.4, 0.5) is 0 Å². The van der Waals surface area contributed by atoms with Gasteiger partial charge in [-0.25, -0.2) is 4.98 Å². The molecule has 0 bridgehead atoms. The molecule has 0 aliphatic carbocycles. The monoisotopic (exact) mass is 654 g/mol. The van der Waals surface area contributed by atoms with Gasteiger partial charge >= 0.3 is 0 Å². The van der Waals surface area contributed by atoms with E-state index in [1.807, 2.05) is 114 Å². The van der Waals surface area contributed by atoms with Gasteiger partial charge in [-0.05, 0) is 71.0 Å². The number of imidazole rings is 1. The second-order valence-electron chi connectivity index (χ2n) is 12.0. The molecule has 0 aliphatic rings. The standard InChI is InChI=1S/C40H39ClN6O/c41-35-18-12-29(13-19-35)22-23-47-37-20-17-34(24-36(37)45-38(47)21-14-28-10-15-33(16-11-28)39(43)44)40(48)46(26-31-4-2-1-3-5-31)27-32-8-6-30(25-42)7-9-32/h1-13,15-20,24H,14,21-23,25-27,42H2,(H3,43,44). The number of carbonyl (C=O) groups excluding carboxylic acids is 1. The van der Waals surface area contributed by atoms with Gasteiger partial charge in [-0.3, -0.25) is 10.2 Å². The van der Waals surface area contributed by atoms with E-state index >= 15 is 0 Å². The van der Waals surface area contributed by atoms with Crippen LogP contribution in [0.25, 0.3) is 11.0 Å². The van der Waals surface area contributed by atoms with Gasteiger partial charge in [0.2, 0.25) is 0 Å². The molecule has 5 aromatic carbocycles. The summed E-state index contributed by atoms with van der Waals surface area (Å²) in [5, 5.41) is 8.41. The number of amidine groups is 1. The molecule has 0 saturated heterocycles. The largest absolute Gasteiger partial charge is 0.384 e. The number of nitrogen functional groups attached to an aromatic ring is 1. The van der Waals surface area contributed by atoms with E-state index in [1.54, 1.807) is 0 Å². The first-order chi connectivity index (χ1) is 23.4. The fourth-order valence-electron chi connectivity index (χ4n) is 5.94. The molecule has 7 nitrogen and oxygen atoms in total. The average Bonchev–Trinajstić information content (AvgIpc) is 3.47. The molecule has 242 valence electrons. The summed E-state index contributed by atoms with van der Waals surface area (Å²) in [6.45, 7) is 2.18. The van der Waals surface area contributed by atoms with Crippen molar-refractivity contribution in [2.24, 2.45) is 11.5 Å². The number of aryl methyl sites for hydroxylation is 4. The highest BCUT2D eigenvalue weighted by molar-refractivity contribution is 6.30. The normalized spacial score (nSPS) is 11.1. The minimum atomic E-state index is -0.0496. The molecule has 0 radical (unpaired) electrons. The first-order valence-electron chi connectivity index (χ1n) is 16.1. The zero-order valence-electron chi connectivity index (χ0n) is 26.8. The molecular weight excluding hydrogens is 616 g/mol. The number of amides is 1. The van der Waals surface area contributed by atoms with E-state index < -0.39 is 0 Å². The smallest absolute Gasteiger partial charge is 0.254 e. The Morgan fingerprint density at radius 3 is 1.96 bits per heavy atom. The molecule has 1 aromatic heterocycles. The zero-order valence-corrected chi connectivity index (χ0v) is 27.5. The zero-order chi connectivity index (χ0) is 33.5. The van der Waals surface area contributed by atoms with E-state index in [9.17, 15) is 4.79 Å². The van der Waals surface area contributed by atoms with Gasteiger partial charge in [0.25, 0.3) is 5.91 Å². The molecule has 0 fully saturated rings. The number of nitrogens with one attached hydrogen (secondary N) is 1. The van der Waals surface area contributed by atoms with Crippen LogP contribution in [0.3, 0.4) is 0 Å². The van der Waals surface area contributed by atoms with Crippen molar-refractivity contribution in [1.29, 1.82) is 5.41 Å². The Bertz CT molecular complexity index is 2000. The Morgan fingerprint density at radius 1 is 0.708 bits per heavy atom. The number of fused-ring (bicyclic) bond motifs is 1. The lowest BCUT2D eigenvalue weighted by Crippen LogP contribution is -2.30. The van der Waals surface area contributed by atoms with Crippen molar-refractivity contribution in [3.63, 3.8) is 0 Å². The van der Waals surface area contributed by atoms with E-state index in [0.717, 1.165) is 69.9 Å². The molecule has 6 aromatic rings. The third-order valence-corrected chi connectivity index (χ3v) is 8.90. The number of rotatable bonds is 13. The van der Waals surface area contributed by atoms with E-state index in [1.165, 1.54) is 5.56 Å². The van der Waals surface area contributed by atoms with Crippen LogP contribution < -0.4 is 11.5 Å². The summed E-state index contributed by atoms with van der Waals surface area (Å²) in [5.74, 6) is 0.967. The van der Waals surface area contributed by atoms with Crippen molar-refractivity contribution in [3.05, 3.63) is 171 Å². The maximum atomic E-state index is 14.2. The van der Waals surface area contributed by atoms with Crippen LogP contribution in [-0.2, 0) is 45.4 Å².